The summed E-state index contributed by atoms with van der Waals surface area (Å²) in [5.74, 6) is -0.930. The number of aliphatic carboxylic acids is 1. The van der Waals surface area contributed by atoms with Gasteiger partial charge in [0.15, 0.2) is 5.16 Å². The van der Waals surface area contributed by atoms with Crippen LogP contribution in [0.2, 0.25) is 0 Å². The Morgan fingerprint density at radius 1 is 1.57 bits per heavy atom. The Morgan fingerprint density at radius 3 is 2.90 bits per heavy atom. The number of thioether (sulfide) groups is 1. The van der Waals surface area contributed by atoms with Crippen molar-refractivity contribution in [2.75, 3.05) is 12.0 Å². The minimum atomic E-state index is -0.950. The van der Waals surface area contributed by atoms with Gasteiger partial charge in [-0.15, -0.1) is 0 Å². The van der Waals surface area contributed by atoms with E-state index in [1.807, 2.05) is 29.7 Å². The van der Waals surface area contributed by atoms with Gasteiger partial charge in [-0.25, -0.2) is 4.98 Å². The van der Waals surface area contributed by atoms with Crippen LogP contribution in [0, 0.1) is 0 Å². The Kier molecular flexibility index (Phi) is 5.45. The number of halogens is 1. The van der Waals surface area contributed by atoms with E-state index in [9.17, 15) is 9.00 Å². The molecule has 2 unspecified atom stereocenters. The first-order valence-corrected chi connectivity index (χ1v) is 9.61. The third kappa shape index (κ3) is 4.08. The minimum absolute atomic E-state index is 0.0365. The maximum atomic E-state index is 11.6. The first kappa shape index (κ1) is 16.5. The molecule has 0 aliphatic heterocycles. The maximum Gasteiger partial charge on any atom is 0.313 e. The number of rotatable bonds is 6. The lowest BCUT2D eigenvalue weighted by atomic mass is 10.3. The number of aromatic nitrogens is 2. The summed E-state index contributed by atoms with van der Waals surface area (Å²) >= 11 is 4.61. The molecule has 114 valence electrons. The molecule has 2 aromatic rings. The van der Waals surface area contributed by atoms with Crippen molar-refractivity contribution in [3.8, 4) is 0 Å². The van der Waals surface area contributed by atoms with Gasteiger partial charge in [-0.2, -0.15) is 0 Å². The van der Waals surface area contributed by atoms with E-state index in [1.54, 1.807) is 6.26 Å². The van der Waals surface area contributed by atoms with Crippen molar-refractivity contribution in [1.29, 1.82) is 0 Å². The van der Waals surface area contributed by atoms with Crippen molar-refractivity contribution in [2.24, 2.45) is 0 Å². The summed E-state index contributed by atoms with van der Waals surface area (Å²) in [4.78, 5) is 15.3. The van der Waals surface area contributed by atoms with Crippen molar-refractivity contribution in [1.82, 2.24) is 9.55 Å². The number of nitrogens with zero attached hydrogens (tertiary/aromatic N) is 2. The third-order valence-electron chi connectivity index (χ3n) is 3.01. The van der Waals surface area contributed by atoms with Crippen LogP contribution in [0.4, 0.5) is 0 Å². The molecule has 0 spiro atoms. The molecule has 0 fully saturated rings. The highest BCUT2D eigenvalue weighted by Crippen LogP contribution is 2.27. The Labute approximate surface area is 137 Å². The highest BCUT2D eigenvalue weighted by molar-refractivity contribution is 9.10. The second-order valence-electron chi connectivity index (χ2n) is 4.63. The number of hydrogen-bond donors (Lipinski definition) is 1. The van der Waals surface area contributed by atoms with Crippen LogP contribution in [0.1, 0.15) is 6.92 Å². The molecule has 0 radical (unpaired) electrons. The number of imidazole rings is 1. The van der Waals surface area contributed by atoms with Gasteiger partial charge in [-0.3, -0.25) is 9.00 Å². The molecule has 8 heteroatoms. The normalized spacial score (nSPS) is 14.2. The summed E-state index contributed by atoms with van der Waals surface area (Å²) in [5, 5.41) is 9.45. The van der Waals surface area contributed by atoms with Gasteiger partial charge in [-0.05, 0) is 25.1 Å². The van der Waals surface area contributed by atoms with Crippen LogP contribution in [-0.2, 0) is 22.1 Å². The number of carboxylic acids is 1. The molecule has 0 bridgehead atoms. The van der Waals surface area contributed by atoms with Gasteiger partial charge in [-0.1, -0.05) is 27.7 Å². The molecule has 5 nitrogen and oxygen atoms in total. The lowest BCUT2D eigenvalue weighted by Gasteiger charge is -2.13. The Hall–Kier alpha value is -0.860. The van der Waals surface area contributed by atoms with E-state index >= 15 is 0 Å². The molecular formula is C13H15BrN2O3S2. The molecule has 0 saturated heterocycles. The number of hydrogen-bond acceptors (Lipinski definition) is 4. The molecule has 0 saturated carbocycles. The second-order valence-corrected chi connectivity index (χ2v) is 8.29. The fraction of sp³-hybridized carbons (Fsp3) is 0.385. The van der Waals surface area contributed by atoms with E-state index in [1.165, 1.54) is 11.8 Å². The molecular weight excluding hydrogens is 376 g/mol. The lowest BCUT2D eigenvalue weighted by molar-refractivity contribution is -0.133. The molecule has 2 atom stereocenters. The average Bonchev–Trinajstić information content (AvgIpc) is 2.74. The quantitative estimate of drug-likeness (QED) is 0.767. The van der Waals surface area contributed by atoms with Crippen molar-refractivity contribution >= 4 is 55.5 Å². The van der Waals surface area contributed by atoms with E-state index in [2.05, 4.69) is 20.9 Å². The minimum Gasteiger partial charge on any atom is -0.481 e. The monoisotopic (exact) mass is 390 g/mol. The summed E-state index contributed by atoms with van der Waals surface area (Å²) in [5.41, 5.74) is 1.72. The molecule has 0 aliphatic carbocycles. The van der Waals surface area contributed by atoms with Crippen LogP contribution in [-0.4, -0.2) is 42.1 Å². The summed E-state index contributed by atoms with van der Waals surface area (Å²) in [6.45, 7) is 2.45. The van der Waals surface area contributed by atoms with E-state index in [-0.39, 0.29) is 11.0 Å². The van der Waals surface area contributed by atoms with E-state index in [4.69, 9.17) is 5.11 Å². The Bertz CT molecular complexity index is 702. The highest BCUT2D eigenvalue weighted by atomic mass is 79.9. The predicted molar refractivity (Wildman–Crippen MR) is 89.3 cm³/mol. The Morgan fingerprint density at radius 2 is 2.29 bits per heavy atom. The van der Waals surface area contributed by atoms with Crippen LogP contribution in [0.5, 0.6) is 0 Å². The fourth-order valence-electron chi connectivity index (χ4n) is 1.85. The second kappa shape index (κ2) is 6.93. The van der Waals surface area contributed by atoms with Crippen LogP contribution in [0.3, 0.4) is 0 Å². The van der Waals surface area contributed by atoms with Gasteiger partial charge in [0.25, 0.3) is 0 Å². The van der Waals surface area contributed by atoms with Gasteiger partial charge in [0.05, 0.1) is 16.8 Å². The van der Waals surface area contributed by atoms with Gasteiger partial charge in [0.1, 0.15) is 0 Å². The van der Waals surface area contributed by atoms with Crippen molar-refractivity contribution in [3.05, 3.63) is 22.7 Å². The zero-order valence-corrected chi connectivity index (χ0v) is 14.8. The number of benzene rings is 1. The van der Waals surface area contributed by atoms with Crippen LogP contribution < -0.4 is 0 Å². The molecule has 1 heterocycles. The molecule has 1 aromatic heterocycles. The topological polar surface area (TPSA) is 72.2 Å². The predicted octanol–water partition coefficient (Wildman–Crippen LogP) is 2.74. The summed E-state index contributed by atoms with van der Waals surface area (Å²) in [6.07, 6.45) is 1.67. The summed E-state index contributed by atoms with van der Waals surface area (Å²) in [7, 11) is -0.950. The molecule has 1 aromatic carbocycles. The molecule has 1 N–H and O–H groups in total. The Balaban J connectivity index is 2.44. The van der Waals surface area contributed by atoms with E-state index in [0.717, 1.165) is 15.5 Å². The number of fused-ring (bicyclic) bond motifs is 1. The maximum absolute atomic E-state index is 11.6. The SMILES string of the molecule is CC(Cn1c(SCC(=O)O)nc2ccc(Br)cc21)S(C)=O. The van der Waals surface area contributed by atoms with Gasteiger partial charge in [0.2, 0.25) is 0 Å². The first-order chi connectivity index (χ1) is 9.88. The summed E-state index contributed by atoms with van der Waals surface area (Å²) in [6, 6.07) is 5.72. The average molecular weight is 391 g/mol. The van der Waals surface area contributed by atoms with Crippen molar-refractivity contribution in [2.45, 2.75) is 23.9 Å². The smallest absolute Gasteiger partial charge is 0.313 e. The third-order valence-corrected chi connectivity index (χ3v) is 5.74. The largest absolute Gasteiger partial charge is 0.481 e. The lowest BCUT2D eigenvalue weighted by Crippen LogP contribution is -2.18. The zero-order chi connectivity index (χ0) is 15.6. The number of carboxylic acid groups (broad SMARTS) is 1. The zero-order valence-electron chi connectivity index (χ0n) is 11.6. The molecule has 2 rings (SSSR count). The van der Waals surface area contributed by atoms with Crippen molar-refractivity contribution in [3.63, 3.8) is 0 Å². The molecule has 0 aliphatic rings. The fourth-order valence-corrected chi connectivity index (χ4v) is 3.30. The van der Waals surface area contributed by atoms with E-state index in [0.29, 0.717) is 11.7 Å². The van der Waals surface area contributed by atoms with Crippen molar-refractivity contribution < 1.29 is 14.1 Å². The highest BCUT2D eigenvalue weighted by Gasteiger charge is 2.16. The summed E-state index contributed by atoms with van der Waals surface area (Å²) < 4.78 is 14.5. The van der Waals surface area contributed by atoms with Crippen LogP contribution in [0.15, 0.2) is 27.8 Å². The van der Waals surface area contributed by atoms with Gasteiger partial charge >= 0.3 is 5.97 Å². The first-order valence-electron chi connectivity index (χ1n) is 6.21. The van der Waals surface area contributed by atoms with Gasteiger partial charge in [0, 0.05) is 33.3 Å². The molecule has 0 amide bonds. The standard InChI is InChI=1S/C13H15BrN2O3S2/c1-8(21(2)19)6-16-11-5-9(14)3-4-10(11)15-13(16)20-7-12(17)18/h3-5,8H,6-7H2,1-2H3,(H,17,18). The van der Waals surface area contributed by atoms with Crippen LogP contribution in [0.25, 0.3) is 11.0 Å². The van der Waals surface area contributed by atoms with E-state index < -0.39 is 16.8 Å². The molecule has 21 heavy (non-hydrogen) atoms. The number of carbonyl (C=O) groups is 1. The van der Waals surface area contributed by atoms with Gasteiger partial charge < -0.3 is 9.67 Å². The van der Waals surface area contributed by atoms with Crippen LogP contribution >= 0.6 is 27.7 Å².